The Morgan fingerprint density at radius 3 is 3.13 bits per heavy atom. The zero-order valence-electron chi connectivity index (χ0n) is 8.81. The van der Waals surface area contributed by atoms with Crippen molar-refractivity contribution in [1.29, 1.82) is 0 Å². The van der Waals surface area contributed by atoms with Crippen molar-refractivity contribution in [3.8, 4) is 0 Å². The second kappa shape index (κ2) is 5.09. The van der Waals surface area contributed by atoms with E-state index in [2.05, 4.69) is 38.7 Å². The van der Waals surface area contributed by atoms with Crippen LogP contribution < -0.4 is 5.32 Å². The lowest BCUT2D eigenvalue weighted by Gasteiger charge is -2.00. The number of aromatic nitrogens is 2. The van der Waals surface area contributed by atoms with Crippen molar-refractivity contribution < 1.29 is 0 Å². The molecule has 0 aromatic carbocycles. The Hall–Kier alpha value is -1.13. The first kappa shape index (κ1) is 10.4. The van der Waals surface area contributed by atoms with E-state index in [9.17, 15) is 0 Å². The van der Waals surface area contributed by atoms with Crippen LogP contribution >= 0.6 is 11.3 Å². The average Bonchev–Trinajstić information content (AvgIpc) is 2.84. The highest BCUT2D eigenvalue weighted by Crippen LogP contribution is 2.01. The van der Waals surface area contributed by atoms with Crippen molar-refractivity contribution in [3.05, 3.63) is 40.6 Å². The maximum absolute atomic E-state index is 4.24. The van der Waals surface area contributed by atoms with Gasteiger partial charge in [0.25, 0.3) is 0 Å². The van der Waals surface area contributed by atoms with E-state index in [1.165, 1.54) is 11.3 Å². The Bertz CT molecular complexity index is 392. The predicted octanol–water partition coefficient (Wildman–Crippen LogP) is 1.81. The van der Waals surface area contributed by atoms with Gasteiger partial charge in [-0.05, 0) is 11.6 Å². The van der Waals surface area contributed by atoms with Gasteiger partial charge >= 0.3 is 0 Å². The SMILES string of the molecule is Cn1ccc(CNCCc2cscn2)c1. The lowest BCUT2D eigenvalue weighted by molar-refractivity contribution is 0.680. The Morgan fingerprint density at radius 1 is 1.53 bits per heavy atom. The van der Waals surface area contributed by atoms with Crippen LogP contribution in [-0.2, 0) is 20.0 Å². The van der Waals surface area contributed by atoms with Gasteiger partial charge in [-0.3, -0.25) is 0 Å². The second-order valence-corrected chi connectivity index (χ2v) is 4.31. The van der Waals surface area contributed by atoms with Crippen LogP contribution in [0.1, 0.15) is 11.3 Å². The average molecular weight is 221 g/mol. The second-order valence-electron chi connectivity index (χ2n) is 3.59. The summed E-state index contributed by atoms with van der Waals surface area (Å²) in [7, 11) is 2.04. The van der Waals surface area contributed by atoms with Gasteiger partial charge in [0.2, 0.25) is 0 Å². The molecule has 0 saturated carbocycles. The van der Waals surface area contributed by atoms with Gasteiger partial charge in [-0.2, -0.15) is 0 Å². The van der Waals surface area contributed by atoms with Crippen molar-refractivity contribution in [3.63, 3.8) is 0 Å². The molecule has 4 heteroatoms. The topological polar surface area (TPSA) is 29.9 Å². The number of nitrogens with zero attached hydrogens (tertiary/aromatic N) is 2. The summed E-state index contributed by atoms with van der Waals surface area (Å²) in [6, 6.07) is 2.13. The number of aryl methyl sites for hydroxylation is 1. The number of hydrogen-bond acceptors (Lipinski definition) is 3. The van der Waals surface area contributed by atoms with Gasteiger partial charge in [-0.15, -0.1) is 11.3 Å². The fourth-order valence-corrected chi connectivity index (χ4v) is 2.07. The Labute approximate surface area is 93.8 Å². The van der Waals surface area contributed by atoms with E-state index in [-0.39, 0.29) is 0 Å². The third-order valence-electron chi connectivity index (χ3n) is 2.26. The third kappa shape index (κ3) is 3.18. The van der Waals surface area contributed by atoms with Crippen molar-refractivity contribution in [1.82, 2.24) is 14.9 Å². The van der Waals surface area contributed by atoms with Gasteiger partial charge in [0.1, 0.15) is 0 Å². The third-order valence-corrected chi connectivity index (χ3v) is 2.90. The van der Waals surface area contributed by atoms with Gasteiger partial charge in [0.05, 0.1) is 11.2 Å². The summed E-state index contributed by atoms with van der Waals surface area (Å²) < 4.78 is 2.07. The van der Waals surface area contributed by atoms with Gasteiger partial charge in [-0.25, -0.2) is 4.98 Å². The molecule has 2 aromatic heterocycles. The van der Waals surface area contributed by atoms with E-state index in [4.69, 9.17) is 0 Å². The zero-order valence-corrected chi connectivity index (χ0v) is 9.63. The highest BCUT2D eigenvalue weighted by molar-refractivity contribution is 7.07. The first-order valence-electron chi connectivity index (χ1n) is 5.03. The first-order valence-corrected chi connectivity index (χ1v) is 5.97. The van der Waals surface area contributed by atoms with Crippen LogP contribution in [0.2, 0.25) is 0 Å². The van der Waals surface area contributed by atoms with Gasteiger partial charge in [-0.1, -0.05) is 0 Å². The predicted molar refractivity (Wildman–Crippen MR) is 62.9 cm³/mol. The van der Waals surface area contributed by atoms with E-state index >= 15 is 0 Å². The highest BCUT2D eigenvalue weighted by Gasteiger charge is 1.96. The summed E-state index contributed by atoms with van der Waals surface area (Å²) in [5, 5.41) is 5.51. The molecule has 0 aliphatic carbocycles. The monoisotopic (exact) mass is 221 g/mol. The number of thiazole rings is 1. The molecule has 1 N–H and O–H groups in total. The number of nitrogens with one attached hydrogen (secondary N) is 1. The minimum absolute atomic E-state index is 0.935. The molecule has 0 unspecified atom stereocenters. The van der Waals surface area contributed by atoms with Crippen LogP contribution in [0.15, 0.2) is 29.4 Å². The fourth-order valence-electron chi connectivity index (χ4n) is 1.48. The van der Waals surface area contributed by atoms with Crippen LogP contribution in [0.25, 0.3) is 0 Å². The van der Waals surface area contributed by atoms with Crippen LogP contribution in [0.5, 0.6) is 0 Å². The summed E-state index contributed by atoms with van der Waals surface area (Å²) in [6.07, 6.45) is 5.21. The van der Waals surface area contributed by atoms with E-state index in [1.807, 2.05) is 12.6 Å². The van der Waals surface area contributed by atoms with Crippen LogP contribution in [-0.4, -0.2) is 16.1 Å². The molecule has 0 saturated heterocycles. The fraction of sp³-hybridized carbons (Fsp3) is 0.364. The van der Waals surface area contributed by atoms with E-state index < -0.39 is 0 Å². The van der Waals surface area contributed by atoms with Gasteiger partial charge in [0, 0.05) is 44.3 Å². The summed E-state index contributed by atoms with van der Waals surface area (Å²) in [5.74, 6) is 0. The lowest BCUT2D eigenvalue weighted by atomic mass is 10.3. The molecule has 2 heterocycles. The van der Waals surface area contributed by atoms with Crippen molar-refractivity contribution >= 4 is 11.3 Å². The molecule has 0 fully saturated rings. The molecule has 0 bridgehead atoms. The van der Waals surface area contributed by atoms with Crippen molar-refractivity contribution in [2.75, 3.05) is 6.54 Å². The van der Waals surface area contributed by atoms with Gasteiger partial charge in [0.15, 0.2) is 0 Å². The maximum atomic E-state index is 4.24. The highest BCUT2D eigenvalue weighted by atomic mass is 32.1. The Kier molecular flexibility index (Phi) is 3.53. The summed E-state index contributed by atoms with van der Waals surface area (Å²) >= 11 is 1.66. The van der Waals surface area contributed by atoms with Crippen molar-refractivity contribution in [2.45, 2.75) is 13.0 Å². The van der Waals surface area contributed by atoms with Crippen LogP contribution in [0.4, 0.5) is 0 Å². The molecular weight excluding hydrogens is 206 g/mol. The zero-order chi connectivity index (χ0) is 10.5. The normalized spacial score (nSPS) is 10.7. The summed E-state index contributed by atoms with van der Waals surface area (Å²) in [4.78, 5) is 4.24. The summed E-state index contributed by atoms with van der Waals surface area (Å²) in [5.41, 5.74) is 4.39. The first-order chi connectivity index (χ1) is 7.34. The molecule has 15 heavy (non-hydrogen) atoms. The number of hydrogen-bond donors (Lipinski definition) is 1. The molecule has 0 atom stereocenters. The van der Waals surface area contributed by atoms with Crippen LogP contribution in [0.3, 0.4) is 0 Å². The minimum atomic E-state index is 0.935. The molecule has 80 valence electrons. The smallest absolute Gasteiger partial charge is 0.0794 e. The largest absolute Gasteiger partial charge is 0.357 e. The van der Waals surface area contributed by atoms with Crippen LogP contribution in [0, 0.1) is 0 Å². The number of rotatable bonds is 5. The molecule has 0 spiro atoms. The molecule has 0 amide bonds. The molecule has 3 nitrogen and oxygen atoms in total. The molecule has 2 rings (SSSR count). The van der Waals surface area contributed by atoms with E-state index in [1.54, 1.807) is 11.3 Å². The maximum Gasteiger partial charge on any atom is 0.0794 e. The quantitative estimate of drug-likeness (QED) is 0.780. The van der Waals surface area contributed by atoms with E-state index in [0.29, 0.717) is 0 Å². The summed E-state index contributed by atoms with van der Waals surface area (Å²) in [6.45, 7) is 1.92. The lowest BCUT2D eigenvalue weighted by Crippen LogP contribution is -2.16. The standard InChI is InChI=1S/C11H15N3S/c1-14-5-3-10(7-14)6-12-4-2-11-8-15-9-13-11/h3,5,7-9,12H,2,4,6H2,1H3. The Morgan fingerprint density at radius 2 is 2.47 bits per heavy atom. The minimum Gasteiger partial charge on any atom is -0.357 e. The molecule has 0 aliphatic heterocycles. The van der Waals surface area contributed by atoms with E-state index in [0.717, 1.165) is 19.5 Å². The Balaban J connectivity index is 1.67. The molecule has 0 aliphatic rings. The van der Waals surface area contributed by atoms with Crippen molar-refractivity contribution in [2.24, 2.45) is 7.05 Å². The molecule has 2 aromatic rings. The van der Waals surface area contributed by atoms with Gasteiger partial charge < -0.3 is 9.88 Å². The molecule has 0 radical (unpaired) electrons. The molecular formula is C11H15N3S.